The SMILES string of the molecule is CC1CCCC(CO)(NC/C=C/CCl)C1. The Morgan fingerprint density at radius 2 is 2.33 bits per heavy atom. The molecule has 0 spiro atoms. The first kappa shape index (κ1) is 13.0. The van der Waals surface area contributed by atoms with Crippen molar-refractivity contribution in [3.8, 4) is 0 Å². The van der Waals surface area contributed by atoms with Crippen molar-refractivity contribution in [2.45, 2.75) is 38.1 Å². The lowest BCUT2D eigenvalue weighted by molar-refractivity contribution is 0.103. The largest absolute Gasteiger partial charge is 0.394 e. The summed E-state index contributed by atoms with van der Waals surface area (Å²) in [6, 6.07) is 0. The second kappa shape index (κ2) is 6.51. The van der Waals surface area contributed by atoms with Crippen molar-refractivity contribution in [1.29, 1.82) is 0 Å². The molecule has 0 aromatic rings. The van der Waals surface area contributed by atoms with Gasteiger partial charge < -0.3 is 10.4 Å². The number of rotatable bonds is 5. The molecule has 88 valence electrons. The van der Waals surface area contributed by atoms with Crippen LogP contribution in [0.2, 0.25) is 0 Å². The van der Waals surface area contributed by atoms with Gasteiger partial charge in [-0.15, -0.1) is 11.6 Å². The van der Waals surface area contributed by atoms with Crippen LogP contribution in [0, 0.1) is 5.92 Å². The average molecular weight is 232 g/mol. The van der Waals surface area contributed by atoms with Gasteiger partial charge in [-0.05, 0) is 18.8 Å². The molecule has 0 radical (unpaired) electrons. The Balaban J connectivity index is 2.41. The van der Waals surface area contributed by atoms with Crippen molar-refractivity contribution in [2.75, 3.05) is 19.0 Å². The summed E-state index contributed by atoms with van der Waals surface area (Å²) >= 11 is 5.55. The van der Waals surface area contributed by atoms with Crippen molar-refractivity contribution < 1.29 is 5.11 Å². The molecule has 0 aliphatic heterocycles. The molecular formula is C12H22ClNO. The van der Waals surface area contributed by atoms with Crippen LogP contribution in [0.1, 0.15) is 32.6 Å². The zero-order valence-electron chi connectivity index (χ0n) is 9.51. The van der Waals surface area contributed by atoms with Crippen molar-refractivity contribution in [2.24, 2.45) is 5.92 Å². The fourth-order valence-electron chi connectivity index (χ4n) is 2.44. The summed E-state index contributed by atoms with van der Waals surface area (Å²) in [4.78, 5) is 0. The first-order valence-corrected chi connectivity index (χ1v) is 6.33. The van der Waals surface area contributed by atoms with E-state index in [1.165, 1.54) is 12.8 Å². The van der Waals surface area contributed by atoms with Gasteiger partial charge in [0.1, 0.15) is 0 Å². The lowest BCUT2D eigenvalue weighted by atomic mass is 9.77. The molecule has 15 heavy (non-hydrogen) atoms. The maximum atomic E-state index is 9.50. The van der Waals surface area contributed by atoms with E-state index in [1.807, 2.05) is 12.2 Å². The minimum absolute atomic E-state index is 0.0473. The van der Waals surface area contributed by atoms with Gasteiger partial charge in [0, 0.05) is 18.0 Å². The predicted octanol–water partition coefficient (Wildman–Crippen LogP) is 2.31. The molecule has 0 amide bonds. The topological polar surface area (TPSA) is 32.3 Å². The Morgan fingerprint density at radius 3 is 2.93 bits per heavy atom. The molecule has 2 unspecified atom stereocenters. The molecule has 0 heterocycles. The number of nitrogens with one attached hydrogen (secondary N) is 1. The van der Waals surface area contributed by atoms with Crippen LogP contribution >= 0.6 is 11.6 Å². The highest BCUT2D eigenvalue weighted by Gasteiger charge is 2.33. The van der Waals surface area contributed by atoms with Crippen LogP contribution in [0.3, 0.4) is 0 Å². The van der Waals surface area contributed by atoms with Crippen LogP contribution in [-0.4, -0.2) is 29.7 Å². The van der Waals surface area contributed by atoms with Crippen LogP contribution in [-0.2, 0) is 0 Å². The van der Waals surface area contributed by atoms with Gasteiger partial charge in [-0.1, -0.05) is 31.9 Å². The third-order valence-electron chi connectivity index (χ3n) is 3.24. The number of alkyl halides is 1. The lowest BCUT2D eigenvalue weighted by Gasteiger charge is -2.39. The highest BCUT2D eigenvalue weighted by Crippen LogP contribution is 2.31. The van der Waals surface area contributed by atoms with E-state index < -0.39 is 0 Å². The van der Waals surface area contributed by atoms with Crippen LogP contribution < -0.4 is 5.32 Å². The maximum absolute atomic E-state index is 9.50. The second-order valence-electron chi connectivity index (χ2n) is 4.65. The maximum Gasteiger partial charge on any atom is 0.0613 e. The Morgan fingerprint density at radius 1 is 1.53 bits per heavy atom. The molecule has 3 heteroatoms. The normalized spacial score (nSPS) is 32.3. The highest BCUT2D eigenvalue weighted by molar-refractivity contribution is 6.18. The molecule has 0 saturated heterocycles. The Bertz CT molecular complexity index is 208. The van der Waals surface area contributed by atoms with E-state index in [0.29, 0.717) is 5.88 Å². The number of aliphatic hydroxyl groups is 1. The molecule has 0 aromatic heterocycles. The van der Waals surface area contributed by atoms with Crippen LogP contribution in [0.5, 0.6) is 0 Å². The highest BCUT2D eigenvalue weighted by atomic mass is 35.5. The molecule has 1 aliphatic carbocycles. The van der Waals surface area contributed by atoms with E-state index in [4.69, 9.17) is 11.6 Å². The van der Waals surface area contributed by atoms with Crippen LogP contribution in [0.15, 0.2) is 12.2 Å². The van der Waals surface area contributed by atoms with E-state index in [0.717, 1.165) is 25.3 Å². The van der Waals surface area contributed by atoms with E-state index in [9.17, 15) is 5.11 Å². The van der Waals surface area contributed by atoms with Crippen molar-refractivity contribution in [1.82, 2.24) is 5.32 Å². The van der Waals surface area contributed by atoms with Gasteiger partial charge in [0.2, 0.25) is 0 Å². The molecule has 1 fully saturated rings. The molecule has 2 atom stereocenters. The van der Waals surface area contributed by atoms with Crippen molar-refractivity contribution in [3.05, 3.63) is 12.2 Å². The minimum Gasteiger partial charge on any atom is -0.394 e. The summed E-state index contributed by atoms with van der Waals surface area (Å²) < 4.78 is 0. The Kier molecular flexibility index (Phi) is 5.65. The second-order valence-corrected chi connectivity index (χ2v) is 4.96. The van der Waals surface area contributed by atoms with Gasteiger partial charge in [-0.3, -0.25) is 0 Å². The molecule has 1 rings (SSSR count). The van der Waals surface area contributed by atoms with Crippen molar-refractivity contribution in [3.63, 3.8) is 0 Å². The summed E-state index contributed by atoms with van der Waals surface area (Å²) in [6.07, 6.45) is 8.64. The first-order valence-electron chi connectivity index (χ1n) is 5.79. The number of aliphatic hydroxyl groups excluding tert-OH is 1. The first-order chi connectivity index (χ1) is 7.22. The fourth-order valence-corrected chi connectivity index (χ4v) is 2.57. The summed E-state index contributed by atoms with van der Waals surface area (Å²) in [5, 5.41) is 13.0. The monoisotopic (exact) mass is 231 g/mol. The minimum atomic E-state index is -0.0473. The number of hydrogen-bond acceptors (Lipinski definition) is 2. The molecule has 1 aliphatic rings. The molecule has 0 bridgehead atoms. The molecule has 2 N–H and O–H groups in total. The smallest absolute Gasteiger partial charge is 0.0613 e. The lowest BCUT2D eigenvalue weighted by Crippen LogP contribution is -2.51. The summed E-state index contributed by atoms with van der Waals surface area (Å²) in [5.41, 5.74) is -0.0473. The van der Waals surface area contributed by atoms with E-state index in [-0.39, 0.29) is 12.1 Å². The van der Waals surface area contributed by atoms with Crippen LogP contribution in [0.4, 0.5) is 0 Å². The van der Waals surface area contributed by atoms with Crippen molar-refractivity contribution >= 4 is 11.6 Å². The average Bonchev–Trinajstić information content (AvgIpc) is 2.25. The number of allylic oxidation sites excluding steroid dienone is 1. The fraction of sp³-hybridized carbons (Fsp3) is 0.833. The third-order valence-corrected chi connectivity index (χ3v) is 3.42. The molecular weight excluding hydrogens is 210 g/mol. The summed E-state index contributed by atoms with van der Waals surface area (Å²) in [6.45, 7) is 3.31. The van der Waals surface area contributed by atoms with Gasteiger partial charge >= 0.3 is 0 Å². The molecule has 2 nitrogen and oxygen atoms in total. The van der Waals surface area contributed by atoms with Gasteiger partial charge in [0.25, 0.3) is 0 Å². The summed E-state index contributed by atoms with van der Waals surface area (Å²) in [7, 11) is 0. The molecule has 1 saturated carbocycles. The van der Waals surface area contributed by atoms with Gasteiger partial charge in [-0.25, -0.2) is 0 Å². The van der Waals surface area contributed by atoms with E-state index in [1.54, 1.807) is 0 Å². The summed E-state index contributed by atoms with van der Waals surface area (Å²) in [5.74, 6) is 1.28. The Labute approximate surface area is 97.7 Å². The van der Waals surface area contributed by atoms with Crippen LogP contribution in [0.25, 0.3) is 0 Å². The van der Waals surface area contributed by atoms with Gasteiger partial charge in [0.05, 0.1) is 6.61 Å². The zero-order chi connectivity index (χ0) is 11.1. The standard InChI is InChI=1S/C12H22ClNO/c1-11-5-4-6-12(9-11,10-15)14-8-3-2-7-13/h2-3,11,14-15H,4-10H2,1H3/b3-2+. The van der Waals surface area contributed by atoms with Gasteiger partial charge in [-0.2, -0.15) is 0 Å². The molecule has 0 aromatic carbocycles. The number of halogens is 1. The number of hydrogen-bond donors (Lipinski definition) is 2. The van der Waals surface area contributed by atoms with Gasteiger partial charge in [0.15, 0.2) is 0 Å². The van der Waals surface area contributed by atoms with E-state index >= 15 is 0 Å². The third kappa shape index (κ3) is 4.13. The predicted molar refractivity (Wildman–Crippen MR) is 65.3 cm³/mol. The quantitative estimate of drug-likeness (QED) is 0.562. The zero-order valence-corrected chi connectivity index (χ0v) is 10.3. The Hall–Kier alpha value is -0.0500. The van der Waals surface area contributed by atoms with E-state index in [2.05, 4.69) is 12.2 Å².